The standard InChI is InChI=1S/C14H13NO.C7H9N.C7H6O2/c1-11-6-2-4-8-13(11)15-10-12-7-3-5-9-14(12)16;1-6-4-2-3-5-7(6)8;8-5-6-3-1-2-4-7(6)9/h2-10,16H,1H3;2-5H,8H2,1H3;1-5,9H. The van der Waals surface area contributed by atoms with Crippen LogP contribution in [0.2, 0.25) is 0 Å². The molecule has 0 saturated carbocycles. The van der Waals surface area contributed by atoms with Crippen molar-refractivity contribution in [2.24, 2.45) is 4.99 Å². The van der Waals surface area contributed by atoms with Crippen LogP contribution < -0.4 is 5.73 Å². The molecular weight excluding hydrogens is 412 g/mol. The van der Waals surface area contributed by atoms with Gasteiger partial charge in [0.25, 0.3) is 0 Å². The number of rotatable bonds is 3. The smallest absolute Gasteiger partial charge is 0.153 e. The predicted molar refractivity (Wildman–Crippen MR) is 136 cm³/mol. The highest BCUT2D eigenvalue weighted by Gasteiger charge is 1.96. The third-order valence-corrected chi connectivity index (χ3v) is 4.65. The molecule has 0 saturated heterocycles. The van der Waals surface area contributed by atoms with E-state index >= 15 is 0 Å². The van der Waals surface area contributed by atoms with Crippen molar-refractivity contribution >= 4 is 23.9 Å². The molecule has 0 fully saturated rings. The summed E-state index contributed by atoms with van der Waals surface area (Å²) in [4.78, 5) is 14.4. The normalized spacial score (nSPS) is 9.88. The average Bonchev–Trinajstić information content (AvgIpc) is 2.83. The maximum absolute atomic E-state index is 10.1. The van der Waals surface area contributed by atoms with Crippen LogP contribution >= 0.6 is 0 Å². The molecule has 0 aliphatic rings. The van der Waals surface area contributed by atoms with Gasteiger partial charge in [0.2, 0.25) is 0 Å². The van der Waals surface area contributed by atoms with E-state index in [9.17, 15) is 9.90 Å². The number of carbonyl (C=O) groups excluding carboxylic acids is 1. The van der Waals surface area contributed by atoms with Crippen LogP contribution in [0.3, 0.4) is 0 Å². The second-order valence-corrected chi connectivity index (χ2v) is 7.14. The molecule has 4 N–H and O–H groups in total. The number of aryl methyl sites for hydroxylation is 2. The molecule has 4 aromatic rings. The van der Waals surface area contributed by atoms with Gasteiger partial charge in [0.15, 0.2) is 6.29 Å². The van der Waals surface area contributed by atoms with E-state index in [0.717, 1.165) is 28.1 Å². The number of phenolic OH excluding ortho intramolecular Hbond substituents is 2. The van der Waals surface area contributed by atoms with Crippen LogP contribution in [0.15, 0.2) is 102 Å². The van der Waals surface area contributed by atoms with Gasteiger partial charge in [-0.05, 0) is 61.4 Å². The van der Waals surface area contributed by atoms with Crippen LogP contribution in [0.1, 0.15) is 27.0 Å². The van der Waals surface area contributed by atoms with Gasteiger partial charge in [0, 0.05) is 17.5 Å². The fourth-order valence-corrected chi connectivity index (χ4v) is 2.62. The number of nitrogen functional groups attached to an aromatic ring is 1. The minimum atomic E-state index is 0.0347. The molecule has 0 radical (unpaired) electrons. The Morgan fingerprint density at radius 1 is 0.667 bits per heavy atom. The number of phenols is 2. The Balaban J connectivity index is 0.000000192. The molecule has 0 heterocycles. The van der Waals surface area contributed by atoms with Crippen molar-refractivity contribution in [1.29, 1.82) is 0 Å². The summed E-state index contributed by atoms with van der Waals surface area (Å²) in [5, 5.41) is 18.4. The van der Waals surface area contributed by atoms with Gasteiger partial charge >= 0.3 is 0 Å². The summed E-state index contributed by atoms with van der Waals surface area (Å²) >= 11 is 0. The lowest BCUT2D eigenvalue weighted by atomic mass is 10.2. The van der Waals surface area contributed by atoms with Crippen LogP contribution in [0.25, 0.3) is 0 Å². The quantitative estimate of drug-likeness (QED) is 0.200. The molecule has 5 heteroatoms. The highest BCUT2D eigenvalue weighted by Crippen LogP contribution is 2.19. The average molecular weight is 441 g/mol. The third kappa shape index (κ3) is 8.34. The monoisotopic (exact) mass is 440 g/mol. The molecule has 0 amide bonds. The number of nitrogens with two attached hydrogens (primary N) is 1. The van der Waals surface area contributed by atoms with E-state index in [1.54, 1.807) is 36.5 Å². The van der Waals surface area contributed by atoms with Crippen LogP contribution in [-0.2, 0) is 0 Å². The van der Waals surface area contributed by atoms with Gasteiger partial charge in [-0.25, -0.2) is 0 Å². The number of nitrogens with zero attached hydrogens (tertiary/aromatic N) is 1. The Morgan fingerprint density at radius 2 is 1.15 bits per heavy atom. The summed E-state index contributed by atoms with van der Waals surface area (Å²) in [6.07, 6.45) is 2.30. The first kappa shape index (κ1) is 24.9. The first-order chi connectivity index (χ1) is 15.9. The molecule has 33 heavy (non-hydrogen) atoms. The minimum Gasteiger partial charge on any atom is -0.507 e. The Labute approximate surface area is 194 Å². The fourth-order valence-electron chi connectivity index (χ4n) is 2.62. The van der Waals surface area contributed by atoms with Gasteiger partial charge < -0.3 is 15.9 Å². The second-order valence-electron chi connectivity index (χ2n) is 7.14. The number of anilines is 1. The van der Waals surface area contributed by atoms with Crippen molar-refractivity contribution in [2.75, 3.05) is 5.73 Å². The molecule has 4 aromatic carbocycles. The zero-order valence-corrected chi connectivity index (χ0v) is 18.7. The first-order valence-corrected chi connectivity index (χ1v) is 10.3. The first-order valence-electron chi connectivity index (χ1n) is 10.3. The molecule has 168 valence electrons. The number of benzene rings is 4. The molecule has 0 aliphatic carbocycles. The van der Waals surface area contributed by atoms with Crippen molar-refractivity contribution in [3.8, 4) is 11.5 Å². The largest absolute Gasteiger partial charge is 0.507 e. The highest BCUT2D eigenvalue weighted by molar-refractivity contribution is 5.85. The lowest BCUT2D eigenvalue weighted by Crippen LogP contribution is -1.85. The zero-order chi connectivity index (χ0) is 24.1. The Hall–Kier alpha value is -4.38. The Kier molecular flexibility index (Phi) is 9.90. The zero-order valence-electron chi connectivity index (χ0n) is 18.7. The molecule has 0 aromatic heterocycles. The maximum atomic E-state index is 10.1. The lowest BCUT2D eigenvalue weighted by molar-refractivity contribution is 0.112. The van der Waals surface area contributed by atoms with E-state index < -0.39 is 0 Å². The SMILES string of the molecule is Cc1ccccc1N.Cc1ccccc1N=Cc1ccccc1O.O=Cc1ccccc1O. The Morgan fingerprint density at radius 3 is 1.61 bits per heavy atom. The molecule has 0 spiro atoms. The minimum absolute atomic E-state index is 0.0347. The molecule has 5 nitrogen and oxygen atoms in total. The lowest BCUT2D eigenvalue weighted by Gasteiger charge is -1.99. The molecular formula is C28H28N2O3. The molecule has 0 aliphatic heterocycles. The van der Waals surface area contributed by atoms with E-state index in [0.29, 0.717) is 11.8 Å². The van der Waals surface area contributed by atoms with Crippen molar-refractivity contribution in [3.05, 3.63) is 119 Å². The number of hydrogen-bond acceptors (Lipinski definition) is 5. The van der Waals surface area contributed by atoms with Crippen LogP contribution in [0.4, 0.5) is 11.4 Å². The Bertz CT molecular complexity index is 1130. The number of carbonyl (C=O) groups is 1. The van der Waals surface area contributed by atoms with Gasteiger partial charge in [-0.2, -0.15) is 0 Å². The van der Waals surface area contributed by atoms with Crippen molar-refractivity contribution < 1.29 is 15.0 Å². The van der Waals surface area contributed by atoms with E-state index in [1.807, 2.05) is 74.5 Å². The number of aliphatic imine (C=N–C) groups is 1. The summed E-state index contributed by atoms with van der Waals surface area (Å²) in [5.41, 5.74) is 10.6. The summed E-state index contributed by atoms with van der Waals surface area (Å²) < 4.78 is 0. The summed E-state index contributed by atoms with van der Waals surface area (Å²) in [6, 6.07) is 29.2. The van der Waals surface area contributed by atoms with E-state index in [4.69, 9.17) is 10.8 Å². The topological polar surface area (TPSA) is 95.9 Å². The predicted octanol–water partition coefficient (Wildman–Crippen LogP) is 6.23. The molecule has 4 rings (SSSR count). The van der Waals surface area contributed by atoms with Crippen LogP contribution in [-0.4, -0.2) is 22.7 Å². The van der Waals surface area contributed by atoms with Crippen molar-refractivity contribution in [3.63, 3.8) is 0 Å². The second kappa shape index (κ2) is 13.1. The van der Waals surface area contributed by atoms with E-state index in [1.165, 1.54) is 6.07 Å². The number of para-hydroxylation sites is 4. The van der Waals surface area contributed by atoms with Gasteiger partial charge in [-0.1, -0.05) is 60.7 Å². The van der Waals surface area contributed by atoms with Crippen LogP contribution in [0.5, 0.6) is 11.5 Å². The van der Waals surface area contributed by atoms with E-state index in [-0.39, 0.29) is 11.5 Å². The number of aromatic hydroxyl groups is 2. The highest BCUT2D eigenvalue weighted by atomic mass is 16.3. The molecule has 0 atom stereocenters. The molecule has 0 unspecified atom stereocenters. The summed E-state index contributed by atoms with van der Waals surface area (Å²) in [7, 11) is 0. The van der Waals surface area contributed by atoms with Gasteiger partial charge in [0.05, 0.1) is 11.3 Å². The van der Waals surface area contributed by atoms with Crippen molar-refractivity contribution in [2.45, 2.75) is 13.8 Å². The third-order valence-electron chi connectivity index (χ3n) is 4.65. The number of aldehydes is 1. The summed E-state index contributed by atoms with van der Waals surface area (Å²) in [5.74, 6) is 0.285. The summed E-state index contributed by atoms with van der Waals surface area (Å²) in [6.45, 7) is 4.01. The number of hydrogen-bond donors (Lipinski definition) is 3. The maximum Gasteiger partial charge on any atom is 0.153 e. The molecule has 0 bridgehead atoms. The van der Waals surface area contributed by atoms with Gasteiger partial charge in [-0.15, -0.1) is 0 Å². The van der Waals surface area contributed by atoms with Gasteiger partial charge in [0.1, 0.15) is 11.5 Å². The van der Waals surface area contributed by atoms with Crippen LogP contribution in [0, 0.1) is 13.8 Å². The van der Waals surface area contributed by atoms with Crippen molar-refractivity contribution in [1.82, 2.24) is 0 Å². The fraction of sp³-hybridized carbons (Fsp3) is 0.0714. The van der Waals surface area contributed by atoms with Gasteiger partial charge in [-0.3, -0.25) is 9.79 Å². The van der Waals surface area contributed by atoms with E-state index in [2.05, 4.69) is 4.99 Å².